The van der Waals surface area contributed by atoms with Crippen LogP contribution in [0.5, 0.6) is 0 Å². The number of hydrogen-bond donors (Lipinski definition) is 0. The van der Waals surface area contributed by atoms with E-state index in [4.69, 9.17) is 23.2 Å². The maximum absolute atomic E-state index is 6.24. The highest BCUT2D eigenvalue weighted by molar-refractivity contribution is 9.10. The molecule has 0 aliphatic heterocycles. The van der Waals surface area contributed by atoms with Crippen molar-refractivity contribution in [2.75, 3.05) is 0 Å². The van der Waals surface area contributed by atoms with Crippen LogP contribution >= 0.6 is 39.1 Å². The number of fused-ring (bicyclic) bond motifs is 3. The Kier molecular flexibility index (Phi) is 3.29. The molecular weight excluding hydrogens is 387 g/mol. The van der Waals surface area contributed by atoms with Crippen LogP contribution in [0.3, 0.4) is 0 Å². The molecule has 0 aliphatic rings. The van der Waals surface area contributed by atoms with E-state index >= 15 is 0 Å². The third-order valence-corrected chi connectivity index (χ3v) is 4.45. The first kappa shape index (κ1) is 13.9. The molecule has 22 heavy (non-hydrogen) atoms. The predicted molar refractivity (Wildman–Crippen MR) is 91.4 cm³/mol. The van der Waals surface area contributed by atoms with Crippen LogP contribution in [-0.4, -0.2) is 19.6 Å². The van der Waals surface area contributed by atoms with Crippen LogP contribution in [0.4, 0.5) is 0 Å². The second kappa shape index (κ2) is 5.19. The molecule has 4 aromatic rings. The first-order chi connectivity index (χ1) is 10.6. The maximum atomic E-state index is 6.24. The molecular formula is C15H7BrCl2N4. The molecule has 0 saturated carbocycles. The number of nitrogens with zero attached hydrogens (tertiary/aromatic N) is 4. The summed E-state index contributed by atoms with van der Waals surface area (Å²) in [7, 11) is 0. The van der Waals surface area contributed by atoms with Gasteiger partial charge in [0, 0.05) is 20.4 Å². The lowest BCUT2D eigenvalue weighted by molar-refractivity contribution is 0.939. The Morgan fingerprint density at radius 3 is 2.50 bits per heavy atom. The molecule has 0 N–H and O–H groups in total. The van der Waals surface area contributed by atoms with Gasteiger partial charge in [-0.05, 0) is 63.9 Å². The third kappa shape index (κ3) is 2.17. The van der Waals surface area contributed by atoms with Gasteiger partial charge in [-0.3, -0.25) is 0 Å². The van der Waals surface area contributed by atoms with E-state index in [-0.39, 0.29) is 5.28 Å². The van der Waals surface area contributed by atoms with E-state index in [2.05, 4.69) is 31.0 Å². The number of benzene rings is 2. The van der Waals surface area contributed by atoms with Crippen LogP contribution in [0, 0.1) is 0 Å². The highest BCUT2D eigenvalue weighted by atomic mass is 79.9. The van der Waals surface area contributed by atoms with E-state index in [1.54, 1.807) is 16.6 Å². The van der Waals surface area contributed by atoms with E-state index in [0.717, 1.165) is 20.9 Å². The zero-order valence-corrected chi connectivity index (χ0v) is 14.1. The average Bonchev–Trinajstić information content (AvgIpc) is 2.95. The molecule has 0 atom stereocenters. The summed E-state index contributed by atoms with van der Waals surface area (Å²) in [6.07, 6.45) is 0. The van der Waals surface area contributed by atoms with Crippen LogP contribution in [0.2, 0.25) is 10.3 Å². The molecule has 0 unspecified atom stereocenters. The Morgan fingerprint density at radius 1 is 0.955 bits per heavy atom. The van der Waals surface area contributed by atoms with E-state index in [1.165, 1.54) is 0 Å². The second-order valence-electron chi connectivity index (χ2n) is 4.69. The van der Waals surface area contributed by atoms with Crippen LogP contribution in [0.25, 0.3) is 27.9 Å². The lowest BCUT2D eigenvalue weighted by atomic mass is 10.2. The summed E-state index contributed by atoms with van der Waals surface area (Å²) >= 11 is 15.6. The van der Waals surface area contributed by atoms with Crippen molar-refractivity contribution >= 4 is 55.7 Å². The highest BCUT2D eigenvalue weighted by Crippen LogP contribution is 2.28. The van der Waals surface area contributed by atoms with Gasteiger partial charge in [0.2, 0.25) is 5.28 Å². The second-order valence-corrected chi connectivity index (χ2v) is 6.32. The number of hydrogen-bond acceptors (Lipinski definition) is 3. The van der Waals surface area contributed by atoms with Crippen molar-refractivity contribution in [1.82, 2.24) is 19.6 Å². The zero-order chi connectivity index (χ0) is 15.3. The van der Waals surface area contributed by atoms with Crippen LogP contribution < -0.4 is 0 Å². The normalized spacial score (nSPS) is 11.4. The minimum Gasteiger partial charge on any atom is -0.217 e. The van der Waals surface area contributed by atoms with Gasteiger partial charge < -0.3 is 0 Å². The summed E-state index contributed by atoms with van der Waals surface area (Å²) < 4.78 is 2.41. The molecule has 0 spiro atoms. The van der Waals surface area contributed by atoms with Crippen molar-refractivity contribution in [1.29, 1.82) is 0 Å². The molecule has 2 aromatic carbocycles. The molecule has 0 fully saturated rings. The van der Waals surface area contributed by atoms with Gasteiger partial charge in [-0.15, -0.1) is 5.10 Å². The SMILES string of the molecule is Clc1ccc(-c2nc3c4cccc(Br)c4nc(Cl)n3n2)cc1. The van der Waals surface area contributed by atoms with Crippen molar-refractivity contribution in [2.45, 2.75) is 0 Å². The van der Waals surface area contributed by atoms with Gasteiger partial charge in [0.25, 0.3) is 0 Å². The molecule has 2 aromatic heterocycles. The minimum absolute atomic E-state index is 0.266. The molecule has 0 bridgehead atoms. The summed E-state index contributed by atoms with van der Waals surface area (Å²) in [5.41, 5.74) is 2.30. The van der Waals surface area contributed by atoms with Crippen molar-refractivity contribution < 1.29 is 0 Å². The molecule has 0 radical (unpaired) electrons. The van der Waals surface area contributed by atoms with Crippen LogP contribution in [0.1, 0.15) is 0 Å². The predicted octanol–water partition coefficient (Wildman–Crippen LogP) is 5.01. The Bertz CT molecular complexity index is 1010. The Hall–Kier alpha value is -1.69. The minimum atomic E-state index is 0.266. The molecule has 108 valence electrons. The highest BCUT2D eigenvalue weighted by Gasteiger charge is 2.14. The van der Waals surface area contributed by atoms with Crippen molar-refractivity contribution in [3.63, 3.8) is 0 Å². The first-order valence-electron chi connectivity index (χ1n) is 6.40. The molecule has 2 heterocycles. The molecule has 0 amide bonds. The molecule has 4 nitrogen and oxygen atoms in total. The molecule has 0 aliphatic carbocycles. The fraction of sp³-hybridized carbons (Fsp3) is 0. The monoisotopic (exact) mass is 392 g/mol. The maximum Gasteiger partial charge on any atom is 0.226 e. The van der Waals surface area contributed by atoms with Gasteiger partial charge >= 0.3 is 0 Å². The number of rotatable bonds is 1. The van der Waals surface area contributed by atoms with Gasteiger partial charge in [-0.25, -0.2) is 9.97 Å². The Labute approximate surface area is 143 Å². The van der Waals surface area contributed by atoms with Crippen LogP contribution in [-0.2, 0) is 0 Å². The lowest BCUT2D eigenvalue weighted by Crippen LogP contribution is -1.95. The average molecular weight is 394 g/mol. The Balaban J connectivity index is 2.04. The van der Waals surface area contributed by atoms with Crippen molar-refractivity contribution in [2.24, 2.45) is 0 Å². The summed E-state index contributed by atoms with van der Waals surface area (Å²) in [6.45, 7) is 0. The van der Waals surface area contributed by atoms with Gasteiger partial charge in [-0.2, -0.15) is 4.52 Å². The summed E-state index contributed by atoms with van der Waals surface area (Å²) in [4.78, 5) is 8.99. The summed E-state index contributed by atoms with van der Waals surface area (Å²) in [5.74, 6) is 0.577. The van der Waals surface area contributed by atoms with E-state index in [0.29, 0.717) is 16.5 Å². The smallest absolute Gasteiger partial charge is 0.217 e. The summed E-state index contributed by atoms with van der Waals surface area (Å²) in [5, 5.41) is 6.26. The molecule has 4 rings (SSSR count). The first-order valence-corrected chi connectivity index (χ1v) is 7.95. The quantitative estimate of drug-likeness (QED) is 0.426. The van der Waals surface area contributed by atoms with Crippen molar-refractivity contribution in [3.8, 4) is 11.4 Å². The van der Waals surface area contributed by atoms with Crippen molar-refractivity contribution in [3.05, 3.63) is 57.2 Å². The number of halogens is 3. The number of aromatic nitrogens is 4. The molecule has 7 heteroatoms. The van der Waals surface area contributed by atoms with Gasteiger partial charge in [0.1, 0.15) is 0 Å². The zero-order valence-electron chi connectivity index (χ0n) is 11.0. The lowest BCUT2D eigenvalue weighted by Gasteiger charge is -2.02. The fourth-order valence-electron chi connectivity index (χ4n) is 2.29. The fourth-order valence-corrected chi connectivity index (χ4v) is 3.07. The standard InChI is InChI=1S/C15H7BrCl2N4/c16-11-3-1-2-10-12(11)19-15(18)22-14(10)20-13(21-22)8-4-6-9(17)7-5-8/h1-7H. The Morgan fingerprint density at radius 2 is 1.73 bits per heavy atom. The largest absolute Gasteiger partial charge is 0.226 e. The topological polar surface area (TPSA) is 43.1 Å². The van der Waals surface area contributed by atoms with Gasteiger partial charge in [-0.1, -0.05) is 17.7 Å². The van der Waals surface area contributed by atoms with E-state index < -0.39 is 0 Å². The summed E-state index contributed by atoms with van der Waals surface area (Å²) in [6, 6.07) is 13.1. The van der Waals surface area contributed by atoms with Gasteiger partial charge in [0.05, 0.1) is 5.52 Å². The van der Waals surface area contributed by atoms with E-state index in [9.17, 15) is 0 Å². The third-order valence-electron chi connectivity index (χ3n) is 3.32. The number of para-hydroxylation sites is 1. The van der Waals surface area contributed by atoms with Gasteiger partial charge in [0.15, 0.2) is 11.5 Å². The van der Waals surface area contributed by atoms with Crippen LogP contribution in [0.15, 0.2) is 46.9 Å². The molecule has 0 saturated heterocycles. The van der Waals surface area contributed by atoms with E-state index in [1.807, 2.05) is 30.3 Å².